The number of benzene rings is 1. The molecule has 138 valence electrons. The predicted octanol–water partition coefficient (Wildman–Crippen LogP) is 1.53. The van der Waals surface area contributed by atoms with Crippen LogP contribution in [0.5, 0.6) is 0 Å². The molecular formula is C16H28ClN3O3S. The van der Waals surface area contributed by atoms with E-state index in [-0.39, 0.29) is 30.3 Å². The molecule has 1 aromatic rings. The van der Waals surface area contributed by atoms with Crippen LogP contribution in [0.1, 0.15) is 31.9 Å². The van der Waals surface area contributed by atoms with Crippen LogP contribution >= 0.6 is 12.4 Å². The SMILES string of the molecule is CCN(CCCNC(=O)C(C)C(N)c1ccccc1)S(C)(=O)=O.Cl. The maximum Gasteiger partial charge on any atom is 0.224 e. The lowest BCUT2D eigenvalue weighted by Gasteiger charge is -2.21. The molecule has 2 atom stereocenters. The summed E-state index contributed by atoms with van der Waals surface area (Å²) in [7, 11) is -3.18. The Morgan fingerprint density at radius 2 is 1.88 bits per heavy atom. The summed E-state index contributed by atoms with van der Waals surface area (Å²) in [6.45, 7) is 4.84. The van der Waals surface area contributed by atoms with Crippen molar-refractivity contribution in [3.05, 3.63) is 35.9 Å². The zero-order valence-corrected chi connectivity index (χ0v) is 16.1. The molecule has 0 saturated heterocycles. The summed E-state index contributed by atoms with van der Waals surface area (Å²) in [5.41, 5.74) is 7.04. The number of nitrogens with two attached hydrogens (primary N) is 1. The molecule has 0 saturated carbocycles. The molecule has 0 spiro atoms. The first-order chi connectivity index (χ1) is 10.8. The minimum Gasteiger partial charge on any atom is -0.356 e. The summed E-state index contributed by atoms with van der Waals surface area (Å²) in [6.07, 6.45) is 1.76. The lowest BCUT2D eigenvalue weighted by atomic mass is 9.95. The average Bonchev–Trinajstić information content (AvgIpc) is 2.52. The Bertz CT molecular complexity index is 596. The Balaban J connectivity index is 0.00000529. The highest BCUT2D eigenvalue weighted by Gasteiger charge is 2.21. The summed E-state index contributed by atoms with van der Waals surface area (Å²) < 4.78 is 24.3. The Morgan fingerprint density at radius 1 is 1.29 bits per heavy atom. The minimum absolute atomic E-state index is 0. The second-order valence-electron chi connectivity index (χ2n) is 5.62. The van der Waals surface area contributed by atoms with E-state index in [1.807, 2.05) is 30.3 Å². The van der Waals surface area contributed by atoms with Crippen molar-refractivity contribution < 1.29 is 13.2 Å². The molecule has 0 aromatic heterocycles. The van der Waals surface area contributed by atoms with E-state index >= 15 is 0 Å². The highest BCUT2D eigenvalue weighted by molar-refractivity contribution is 7.88. The van der Waals surface area contributed by atoms with Crippen LogP contribution in [0.25, 0.3) is 0 Å². The smallest absolute Gasteiger partial charge is 0.224 e. The fourth-order valence-corrected chi connectivity index (χ4v) is 3.24. The standard InChI is InChI=1S/C16H27N3O3S.ClH/c1-4-19(23(3,21)22)12-8-11-18-16(20)13(2)15(17)14-9-6-5-7-10-14;/h5-7,9-10,13,15H,4,8,11-12,17H2,1-3H3,(H,18,20);1H. The van der Waals surface area contributed by atoms with Gasteiger partial charge in [0.05, 0.1) is 12.2 Å². The molecule has 1 rings (SSSR count). The second-order valence-corrected chi connectivity index (χ2v) is 7.61. The largest absolute Gasteiger partial charge is 0.356 e. The van der Waals surface area contributed by atoms with Crippen LogP contribution in [0.2, 0.25) is 0 Å². The molecule has 0 aliphatic rings. The summed E-state index contributed by atoms with van der Waals surface area (Å²) in [6, 6.07) is 9.13. The number of rotatable bonds is 9. The number of nitrogens with one attached hydrogen (secondary N) is 1. The topological polar surface area (TPSA) is 92.5 Å². The van der Waals surface area contributed by atoms with E-state index in [2.05, 4.69) is 5.32 Å². The molecule has 0 aliphatic heterocycles. The maximum absolute atomic E-state index is 12.1. The third-order valence-electron chi connectivity index (χ3n) is 3.84. The number of hydrogen-bond acceptors (Lipinski definition) is 4. The first-order valence-electron chi connectivity index (χ1n) is 7.80. The van der Waals surface area contributed by atoms with Crippen LogP contribution < -0.4 is 11.1 Å². The van der Waals surface area contributed by atoms with Crippen molar-refractivity contribution in [2.45, 2.75) is 26.3 Å². The van der Waals surface area contributed by atoms with Crippen molar-refractivity contribution in [3.63, 3.8) is 0 Å². The van der Waals surface area contributed by atoms with Gasteiger partial charge < -0.3 is 11.1 Å². The lowest BCUT2D eigenvalue weighted by molar-refractivity contribution is -0.125. The van der Waals surface area contributed by atoms with Crippen molar-refractivity contribution in [1.29, 1.82) is 0 Å². The average molecular weight is 378 g/mol. The number of hydrogen-bond donors (Lipinski definition) is 2. The van der Waals surface area contributed by atoms with Crippen LogP contribution in [0.15, 0.2) is 30.3 Å². The Hall–Kier alpha value is -1.15. The van der Waals surface area contributed by atoms with E-state index in [1.165, 1.54) is 10.6 Å². The van der Waals surface area contributed by atoms with E-state index < -0.39 is 10.0 Å². The fraction of sp³-hybridized carbons (Fsp3) is 0.562. The van der Waals surface area contributed by atoms with Gasteiger partial charge in [-0.1, -0.05) is 44.2 Å². The molecule has 3 N–H and O–H groups in total. The number of carbonyl (C=O) groups is 1. The van der Waals surface area contributed by atoms with Crippen LogP contribution in [0, 0.1) is 5.92 Å². The highest BCUT2D eigenvalue weighted by atomic mass is 35.5. The molecule has 0 fully saturated rings. The van der Waals surface area contributed by atoms with Gasteiger partial charge in [0.15, 0.2) is 0 Å². The molecule has 0 radical (unpaired) electrons. The summed E-state index contributed by atoms with van der Waals surface area (Å²) >= 11 is 0. The molecule has 1 aromatic carbocycles. The molecular weight excluding hydrogens is 350 g/mol. The maximum atomic E-state index is 12.1. The number of sulfonamides is 1. The molecule has 6 nitrogen and oxygen atoms in total. The first-order valence-corrected chi connectivity index (χ1v) is 9.65. The third-order valence-corrected chi connectivity index (χ3v) is 5.22. The monoisotopic (exact) mass is 377 g/mol. The third kappa shape index (κ3) is 7.17. The van der Waals surface area contributed by atoms with Gasteiger partial charge in [-0.3, -0.25) is 4.79 Å². The molecule has 0 aliphatic carbocycles. The predicted molar refractivity (Wildman–Crippen MR) is 99.5 cm³/mol. The van der Waals surface area contributed by atoms with E-state index in [9.17, 15) is 13.2 Å². The molecule has 0 bridgehead atoms. The zero-order chi connectivity index (χ0) is 17.5. The van der Waals surface area contributed by atoms with Crippen molar-refractivity contribution in [2.24, 2.45) is 11.7 Å². The van der Waals surface area contributed by atoms with Gasteiger partial charge in [0.25, 0.3) is 0 Å². The van der Waals surface area contributed by atoms with Crippen LogP contribution in [-0.2, 0) is 14.8 Å². The van der Waals surface area contributed by atoms with Gasteiger partial charge >= 0.3 is 0 Å². The lowest BCUT2D eigenvalue weighted by Crippen LogP contribution is -2.37. The van der Waals surface area contributed by atoms with Crippen LogP contribution in [-0.4, -0.2) is 44.5 Å². The van der Waals surface area contributed by atoms with Crippen molar-refractivity contribution in [3.8, 4) is 0 Å². The van der Waals surface area contributed by atoms with E-state index in [0.717, 1.165) is 5.56 Å². The van der Waals surface area contributed by atoms with Gasteiger partial charge in [-0.15, -0.1) is 12.4 Å². The van der Waals surface area contributed by atoms with Crippen LogP contribution in [0.4, 0.5) is 0 Å². The highest BCUT2D eigenvalue weighted by Crippen LogP contribution is 2.18. The van der Waals surface area contributed by atoms with Gasteiger partial charge in [0.2, 0.25) is 15.9 Å². The Morgan fingerprint density at radius 3 is 2.38 bits per heavy atom. The Labute approximate surface area is 151 Å². The molecule has 0 heterocycles. The molecule has 8 heteroatoms. The van der Waals surface area contributed by atoms with Crippen molar-refractivity contribution in [1.82, 2.24) is 9.62 Å². The molecule has 2 unspecified atom stereocenters. The van der Waals surface area contributed by atoms with Gasteiger partial charge in [0, 0.05) is 25.7 Å². The number of amides is 1. The van der Waals surface area contributed by atoms with Gasteiger partial charge in [-0.25, -0.2) is 12.7 Å². The minimum atomic E-state index is -3.18. The van der Waals surface area contributed by atoms with E-state index in [4.69, 9.17) is 5.73 Å². The summed E-state index contributed by atoms with van der Waals surface area (Å²) in [4.78, 5) is 12.1. The van der Waals surface area contributed by atoms with Crippen molar-refractivity contribution in [2.75, 3.05) is 25.9 Å². The number of nitrogens with zero attached hydrogens (tertiary/aromatic N) is 1. The Kier molecular flexibility index (Phi) is 10.1. The zero-order valence-electron chi connectivity index (χ0n) is 14.4. The number of carbonyl (C=O) groups excluding carboxylic acids is 1. The van der Waals surface area contributed by atoms with Crippen LogP contribution in [0.3, 0.4) is 0 Å². The van der Waals surface area contributed by atoms with Gasteiger partial charge in [-0.05, 0) is 12.0 Å². The van der Waals surface area contributed by atoms with Gasteiger partial charge in [0.1, 0.15) is 0 Å². The first kappa shape index (κ1) is 22.9. The van der Waals surface area contributed by atoms with Crippen molar-refractivity contribution >= 4 is 28.3 Å². The summed E-state index contributed by atoms with van der Waals surface area (Å²) in [5.74, 6) is -0.474. The normalized spacial score (nSPS) is 13.9. The van der Waals surface area contributed by atoms with E-state index in [0.29, 0.717) is 26.1 Å². The second kappa shape index (κ2) is 10.7. The number of halogens is 1. The van der Waals surface area contributed by atoms with E-state index in [1.54, 1.807) is 13.8 Å². The molecule has 24 heavy (non-hydrogen) atoms. The quantitative estimate of drug-likeness (QED) is 0.638. The summed E-state index contributed by atoms with van der Waals surface area (Å²) in [5, 5.41) is 2.82. The van der Waals surface area contributed by atoms with Gasteiger partial charge in [-0.2, -0.15) is 0 Å². The fourth-order valence-electron chi connectivity index (χ4n) is 2.31. The molecule has 1 amide bonds.